The summed E-state index contributed by atoms with van der Waals surface area (Å²) in [5, 5.41) is 8.06. The van der Waals surface area contributed by atoms with Crippen molar-refractivity contribution < 1.29 is 4.79 Å². The van der Waals surface area contributed by atoms with Crippen molar-refractivity contribution in [1.82, 2.24) is 4.98 Å². The Morgan fingerprint density at radius 1 is 1.50 bits per heavy atom. The Kier molecular flexibility index (Phi) is 4.09. The van der Waals surface area contributed by atoms with Crippen LogP contribution in [-0.4, -0.2) is 16.2 Å². The first-order valence-electron chi connectivity index (χ1n) is 4.65. The van der Waals surface area contributed by atoms with Crippen molar-refractivity contribution in [2.45, 2.75) is 6.42 Å². The zero-order valence-electron chi connectivity index (χ0n) is 8.27. The maximum atomic E-state index is 11.3. The van der Waals surface area contributed by atoms with Crippen molar-refractivity contribution in [3.8, 4) is 10.6 Å². The average molecular weight is 317 g/mol. The maximum absolute atomic E-state index is 11.3. The summed E-state index contributed by atoms with van der Waals surface area (Å²) in [6.45, 7) is 0. The predicted octanol–water partition coefficient (Wildman–Crippen LogP) is 3.60. The summed E-state index contributed by atoms with van der Waals surface area (Å²) in [6.07, 6.45) is 0.466. The minimum Gasteiger partial charge on any atom is -0.302 e. The van der Waals surface area contributed by atoms with Gasteiger partial charge in [-0.25, -0.2) is 4.98 Å². The van der Waals surface area contributed by atoms with Crippen molar-refractivity contribution in [2.75, 3.05) is 10.6 Å². The minimum absolute atomic E-state index is 0.0102. The molecule has 1 N–H and O–H groups in total. The largest absolute Gasteiger partial charge is 0.302 e. The van der Waals surface area contributed by atoms with Gasteiger partial charge < -0.3 is 5.32 Å². The molecule has 3 nitrogen and oxygen atoms in total. The molecule has 0 spiro atoms. The van der Waals surface area contributed by atoms with Crippen molar-refractivity contribution in [2.24, 2.45) is 0 Å². The predicted molar refractivity (Wildman–Crippen MR) is 72.5 cm³/mol. The molecule has 0 saturated carbocycles. The molecule has 0 aromatic carbocycles. The molecule has 16 heavy (non-hydrogen) atoms. The zero-order chi connectivity index (χ0) is 11.4. The number of rotatable bonds is 4. The number of carbonyl (C=O) groups is 1. The second-order valence-electron chi connectivity index (χ2n) is 3.00. The van der Waals surface area contributed by atoms with Crippen LogP contribution in [0.15, 0.2) is 22.9 Å². The molecule has 0 aliphatic rings. The lowest BCUT2D eigenvalue weighted by molar-refractivity contribution is -0.115. The molecule has 2 aromatic heterocycles. The number of anilines is 1. The molecule has 0 unspecified atom stereocenters. The molecule has 0 aliphatic carbocycles. The highest BCUT2D eigenvalue weighted by Crippen LogP contribution is 2.28. The van der Waals surface area contributed by atoms with E-state index in [1.54, 1.807) is 11.3 Å². The van der Waals surface area contributed by atoms with E-state index < -0.39 is 0 Å². The molecule has 0 bridgehead atoms. The van der Waals surface area contributed by atoms with Crippen molar-refractivity contribution in [1.29, 1.82) is 0 Å². The van der Waals surface area contributed by atoms with E-state index in [0.29, 0.717) is 16.9 Å². The van der Waals surface area contributed by atoms with Crippen molar-refractivity contribution in [3.05, 3.63) is 22.9 Å². The molecular formula is C10H9BrN2OS2. The zero-order valence-corrected chi connectivity index (χ0v) is 11.5. The third-order valence-corrected chi connectivity index (χ3v) is 3.89. The average Bonchev–Trinajstić information content (AvgIpc) is 2.86. The Labute approximate surface area is 110 Å². The fourth-order valence-electron chi connectivity index (χ4n) is 1.14. The van der Waals surface area contributed by atoms with Gasteiger partial charge in [0.1, 0.15) is 0 Å². The number of hydrogen-bond donors (Lipinski definition) is 1. The number of thiophene rings is 1. The molecule has 0 radical (unpaired) electrons. The van der Waals surface area contributed by atoms with Gasteiger partial charge >= 0.3 is 0 Å². The smallest absolute Gasteiger partial charge is 0.226 e. The van der Waals surface area contributed by atoms with Crippen LogP contribution in [0.4, 0.5) is 5.13 Å². The highest BCUT2D eigenvalue weighted by molar-refractivity contribution is 9.09. The standard InChI is InChI=1S/C10H9BrN2OS2/c11-4-3-9(14)13-10-12-7(6-16-10)8-2-1-5-15-8/h1-2,5-6H,3-4H2,(H,12,13,14). The van der Waals surface area contributed by atoms with Gasteiger partial charge in [0, 0.05) is 17.1 Å². The number of hydrogen-bond acceptors (Lipinski definition) is 4. The van der Waals surface area contributed by atoms with Crippen LogP contribution in [-0.2, 0) is 4.79 Å². The highest BCUT2D eigenvalue weighted by Gasteiger charge is 2.07. The van der Waals surface area contributed by atoms with Gasteiger partial charge in [-0.15, -0.1) is 22.7 Å². The number of nitrogens with zero attached hydrogens (tertiary/aromatic N) is 1. The van der Waals surface area contributed by atoms with Gasteiger partial charge in [-0.2, -0.15) is 0 Å². The third-order valence-electron chi connectivity index (χ3n) is 1.85. The number of carbonyl (C=O) groups excluding carboxylic acids is 1. The Morgan fingerprint density at radius 2 is 2.38 bits per heavy atom. The van der Waals surface area contributed by atoms with Crippen molar-refractivity contribution in [3.63, 3.8) is 0 Å². The van der Waals surface area contributed by atoms with E-state index in [2.05, 4.69) is 26.2 Å². The van der Waals surface area contributed by atoms with Crippen LogP contribution in [0.2, 0.25) is 0 Å². The first kappa shape index (κ1) is 11.8. The van der Waals surface area contributed by atoms with Gasteiger partial charge in [0.25, 0.3) is 0 Å². The van der Waals surface area contributed by atoms with Gasteiger partial charge in [0.05, 0.1) is 10.6 Å². The van der Waals surface area contributed by atoms with Crippen LogP contribution in [0.1, 0.15) is 6.42 Å². The second kappa shape index (κ2) is 5.56. The lowest BCUT2D eigenvalue weighted by atomic mass is 10.4. The fraction of sp³-hybridized carbons (Fsp3) is 0.200. The van der Waals surface area contributed by atoms with Crippen LogP contribution in [0.25, 0.3) is 10.6 Å². The molecule has 84 valence electrons. The number of amides is 1. The number of thiazole rings is 1. The molecule has 0 aliphatic heterocycles. The van der Waals surface area contributed by atoms with E-state index in [9.17, 15) is 4.79 Å². The monoisotopic (exact) mass is 316 g/mol. The molecular weight excluding hydrogens is 308 g/mol. The molecule has 1 amide bonds. The lowest BCUT2D eigenvalue weighted by Crippen LogP contribution is -2.11. The molecule has 2 rings (SSSR count). The number of halogens is 1. The number of aromatic nitrogens is 1. The fourth-order valence-corrected chi connectivity index (χ4v) is 2.98. The summed E-state index contributed by atoms with van der Waals surface area (Å²) >= 11 is 6.32. The topological polar surface area (TPSA) is 42.0 Å². The first-order valence-corrected chi connectivity index (χ1v) is 7.53. The lowest BCUT2D eigenvalue weighted by Gasteiger charge is -1.97. The van der Waals surface area contributed by atoms with Gasteiger partial charge in [0.15, 0.2) is 5.13 Å². The normalized spacial score (nSPS) is 10.3. The molecule has 2 aromatic rings. The number of alkyl halides is 1. The molecule has 6 heteroatoms. The van der Waals surface area contributed by atoms with Crippen LogP contribution >= 0.6 is 38.6 Å². The molecule has 2 heterocycles. The maximum Gasteiger partial charge on any atom is 0.226 e. The van der Waals surface area contributed by atoms with E-state index in [1.807, 2.05) is 22.9 Å². The minimum atomic E-state index is -0.0102. The Hall–Kier alpha value is -0.720. The van der Waals surface area contributed by atoms with E-state index in [-0.39, 0.29) is 5.91 Å². The second-order valence-corrected chi connectivity index (χ2v) is 5.60. The van der Waals surface area contributed by atoms with Gasteiger partial charge in [-0.3, -0.25) is 4.79 Å². The summed E-state index contributed by atoms with van der Waals surface area (Å²) in [5.74, 6) is -0.0102. The van der Waals surface area contributed by atoms with E-state index in [1.165, 1.54) is 11.3 Å². The Bertz CT molecular complexity index is 467. The number of nitrogens with one attached hydrogen (secondary N) is 1. The van der Waals surface area contributed by atoms with Gasteiger partial charge in [0.2, 0.25) is 5.91 Å². The highest BCUT2D eigenvalue weighted by atomic mass is 79.9. The van der Waals surface area contributed by atoms with E-state index >= 15 is 0 Å². The summed E-state index contributed by atoms with van der Waals surface area (Å²) in [5.41, 5.74) is 0.925. The molecule has 0 fully saturated rings. The van der Waals surface area contributed by atoms with Crippen LogP contribution in [0.3, 0.4) is 0 Å². The van der Waals surface area contributed by atoms with Crippen LogP contribution in [0.5, 0.6) is 0 Å². The summed E-state index contributed by atoms with van der Waals surface area (Å²) in [7, 11) is 0. The molecule has 0 atom stereocenters. The SMILES string of the molecule is O=C(CCBr)Nc1nc(-c2cccs2)cs1. The van der Waals surface area contributed by atoms with Crippen LogP contribution < -0.4 is 5.32 Å². The van der Waals surface area contributed by atoms with E-state index in [4.69, 9.17) is 0 Å². The molecule has 0 saturated heterocycles. The van der Waals surface area contributed by atoms with Gasteiger partial charge in [-0.1, -0.05) is 22.0 Å². The summed E-state index contributed by atoms with van der Waals surface area (Å²) in [6, 6.07) is 4.01. The summed E-state index contributed by atoms with van der Waals surface area (Å²) < 4.78 is 0. The van der Waals surface area contributed by atoms with Crippen LogP contribution in [0, 0.1) is 0 Å². The Balaban J connectivity index is 2.06. The summed E-state index contributed by atoms with van der Waals surface area (Å²) in [4.78, 5) is 16.8. The third kappa shape index (κ3) is 2.90. The van der Waals surface area contributed by atoms with Crippen molar-refractivity contribution >= 4 is 49.6 Å². The Morgan fingerprint density at radius 3 is 3.06 bits per heavy atom. The van der Waals surface area contributed by atoms with Gasteiger partial charge in [-0.05, 0) is 11.4 Å². The first-order chi connectivity index (χ1) is 7.79. The quantitative estimate of drug-likeness (QED) is 0.876. The van der Waals surface area contributed by atoms with E-state index in [0.717, 1.165) is 10.6 Å².